The molecule has 0 aliphatic carbocycles. The van der Waals surface area contributed by atoms with Crippen LogP contribution in [0.4, 0.5) is 0 Å². The Morgan fingerprint density at radius 1 is 1.07 bits per heavy atom. The van der Waals surface area contributed by atoms with Crippen molar-refractivity contribution in [3.63, 3.8) is 0 Å². The number of fused-ring (bicyclic) bond motifs is 4. The molecular weight excluding hydrogens is 404 g/mol. The number of hydrogen-bond donors (Lipinski definition) is 0. The van der Waals surface area contributed by atoms with Crippen molar-refractivity contribution in [2.75, 3.05) is 13.1 Å². The lowest BCUT2D eigenvalue weighted by Crippen LogP contribution is -2.49. The van der Waals surface area contributed by atoms with Gasteiger partial charge in [0.15, 0.2) is 5.76 Å². The summed E-state index contributed by atoms with van der Waals surface area (Å²) in [5.41, 5.74) is 1.06. The molecule has 7 heteroatoms. The zero-order chi connectivity index (χ0) is 20.7. The highest BCUT2D eigenvalue weighted by molar-refractivity contribution is 6.30. The Morgan fingerprint density at radius 2 is 1.90 bits per heavy atom. The standard InChI is InChI=1S/C23H21ClN2O4/c24-17-4-6-18(7-5-17)29-14-19-8-9-21(30-19)23(28)25-11-15-10-16(13-25)20-2-1-3-22(27)26(20)12-15/h1-9,15-16H,10-14H2. The van der Waals surface area contributed by atoms with Crippen LogP contribution in [0.3, 0.4) is 0 Å². The third-order valence-corrected chi connectivity index (χ3v) is 6.09. The first-order chi connectivity index (χ1) is 14.6. The number of pyridine rings is 1. The maximum atomic E-state index is 13.0. The van der Waals surface area contributed by atoms with E-state index in [1.807, 2.05) is 15.5 Å². The number of rotatable bonds is 4. The first-order valence-corrected chi connectivity index (χ1v) is 10.4. The van der Waals surface area contributed by atoms with Gasteiger partial charge in [-0.2, -0.15) is 0 Å². The largest absolute Gasteiger partial charge is 0.486 e. The second-order valence-electron chi connectivity index (χ2n) is 7.92. The average molecular weight is 425 g/mol. The maximum Gasteiger partial charge on any atom is 0.289 e. The van der Waals surface area contributed by atoms with E-state index >= 15 is 0 Å². The summed E-state index contributed by atoms with van der Waals surface area (Å²) in [5.74, 6) is 1.93. The highest BCUT2D eigenvalue weighted by Crippen LogP contribution is 2.35. The first-order valence-electron chi connectivity index (χ1n) is 10.0. The predicted octanol–water partition coefficient (Wildman–Crippen LogP) is 3.93. The molecule has 1 saturated heterocycles. The fraction of sp³-hybridized carbons (Fsp3) is 0.304. The molecule has 0 spiro atoms. The summed E-state index contributed by atoms with van der Waals surface area (Å²) in [6.07, 6.45) is 1.01. The number of likely N-dealkylation sites (tertiary alicyclic amines) is 1. The Balaban J connectivity index is 1.27. The van der Waals surface area contributed by atoms with Crippen LogP contribution in [-0.4, -0.2) is 28.5 Å². The van der Waals surface area contributed by atoms with Gasteiger partial charge in [-0.05, 0) is 54.8 Å². The monoisotopic (exact) mass is 424 g/mol. The molecule has 154 valence electrons. The van der Waals surface area contributed by atoms with Crippen molar-refractivity contribution in [2.24, 2.45) is 5.92 Å². The van der Waals surface area contributed by atoms with Crippen molar-refractivity contribution in [2.45, 2.75) is 25.5 Å². The normalized spacial score (nSPS) is 20.0. The molecule has 3 aromatic rings. The van der Waals surface area contributed by atoms with Gasteiger partial charge >= 0.3 is 0 Å². The summed E-state index contributed by atoms with van der Waals surface area (Å²) < 4.78 is 13.3. The molecule has 1 aromatic carbocycles. The van der Waals surface area contributed by atoms with Crippen molar-refractivity contribution in [3.05, 3.63) is 87.2 Å². The molecule has 5 rings (SSSR count). The average Bonchev–Trinajstić information content (AvgIpc) is 3.22. The van der Waals surface area contributed by atoms with Gasteiger partial charge < -0.3 is 18.6 Å². The van der Waals surface area contributed by atoms with Gasteiger partial charge in [0.1, 0.15) is 18.1 Å². The zero-order valence-corrected chi connectivity index (χ0v) is 17.0. The van der Waals surface area contributed by atoms with Crippen LogP contribution in [0, 0.1) is 5.92 Å². The van der Waals surface area contributed by atoms with Gasteiger partial charge in [0, 0.05) is 42.3 Å². The molecule has 0 radical (unpaired) electrons. The molecule has 1 fully saturated rings. The van der Waals surface area contributed by atoms with Gasteiger partial charge in [0.2, 0.25) is 0 Å². The van der Waals surface area contributed by atoms with Gasteiger partial charge in [0.05, 0.1) is 0 Å². The van der Waals surface area contributed by atoms with E-state index in [1.54, 1.807) is 48.5 Å². The smallest absolute Gasteiger partial charge is 0.289 e. The molecule has 30 heavy (non-hydrogen) atoms. The second-order valence-corrected chi connectivity index (χ2v) is 8.35. The van der Waals surface area contributed by atoms with Gasteiger partial charge in [-0.1, -0.05) is 17.7 Å². The van der Waals surface area contributed by atoms with Crippen LogP contribution in [-0.2, 0) is 13.2 Å². The lowest BCUT2D eigenvalue weighted by Gasteiger charge is -2.42. The van der Waals surface area contributed by atoms with Crippen molar-refractivity contribution in [3.8, 4) is 5.75 Å². The second kappa shape index (κ2) is 7.69. The number of furan rings is 1. The van der Waals surface area contributed by atoms with Crippen LogP contribution in [0.5, 0.6) is 5.75 Å². The third-order valence-electron chi connectivity index (χ3n) is 5.83. The summed E-state index contributed by atoms with van der Waals surface area (Å²) in [6, 6.07) is 15.9. The minimum absolute atomic E-state index is 0.0401. The maximum absolute atomic E-state index is 13.0. The summed E-state index contributed by atoms with van der Waals surface area (Å²) in [4.78, 5) is 27.1. The number of halogens is 1. The molecule has 0 N–H and O–H groups in total. The molecule has 6 nitrogen and oxygen atoms in total. The number of nitrogens with zero attached hydrogens (tertiary/aromatic N) is 2. The Kier molecular flexibility index (Phi) is 4.87. The van der Waals surface area contributed by atoms with Gasteiger partial charge in [0.25, 0.3) is 11.5 Å². The van der Waals surface area contributed by atoms with E-state index in [2.05, 4.69) is 0 Å². The SMILES string of the molecule is O=C(c1ccc(COc2ccc(Cl)cc2)o1)N1CC2CC(C1)c1cccc(=O)n1C2. The molecule has 2 bridgehead atoms. The minimum Gasteiger partial charge on any atom is -0.486 e. The molecule has 4 heterocycles. The van der Waals surface area contributed by atoms with Crippen molar-refractivity contribution in [1.82, 2.24) is 9.47 Å². The highest BCUT2D eigenvalue weighted by Gasteiger charge is 2.37. The van der Waals surface area contributed by atoms with Crippen molar-refractivity contribution >= 4 is 17.5 Å². The van der Waals surface area contributed by atoms with E-state index in [-0.39, 0.29) is 29.9 Å². The molecule has 2 aliphatic heterocycles. The number of piperidine rings is 1. The van der Waals surface area contributed by atoms with Crippen LogP contribution in [0.15, 0.2) is 63.8 Å². The number of carbonyl (C=O) groups is 1. The lowest BCUT2D eigenvalue weighted by molar-refractivity contribution is 0.0560. The Hall–Kier alpha value is -2.99. The molecule has 2 aromatic heterocycles. The first kappa shape index (κ1) is 19.0. The number of carbonyl (C=O) groups excluding carboxylic acids is 1. The quantitative estimate of drug-likeness (QED) is 0.636. The Morgan fingerprint density at radius 3 is 2.73 bits per heavy atom. The van der Waals surface area contributed by atoms with Crippen LogP contribution in [0.25, 0.3) is 0 Å². The van der Waals surface area contributed by atoms with Gasteiger partial charge in [-0.15, -0.1) is 0 Å². The van der Waals surface area contributed by atoms with Crippen molar-refractivity contribution in [1.29, 1.82) is 0 Å². The number of ether oxygens (including phenoxy) is 1. The number of hydrogen-bond acceptors (Lipinski definition) is 4. The minimum atomic E-state index is -0.117. The number of aromatic nitrogens is 1. The molecule has 2 atom stereocenters. The van der Waals surface area contributed by atoms with Crippen LogP contribution >= 0.6 is 11.6 Å². The lowest BCUT2D eigenvalue weighted by atomic mass is 9.83. The van der Waals surface area contributed by atoms with Gasteiger partial charge in [-0.25, -0.2) is 0 Å². The van der Waals surface area contributed by atoms with E-state index in [4.69, 9.17) is 20.8 Å². The summed E-state index contributed by atoms with van der Waals surface area (Å²) in [7, 11) is 0. The molecule has 1 amide bonds. The predicted molar refractivity (Wildman–Crippen MR) is 112 cm³/mol. The van der Waals surface area contributed by atoms with Crippen LogP contribution in [0.2, 0.25) is 5.02 Å². The summed E-state index contributed by atoms with van der Waals surface area (Å²) in [5, 5.41) is 0.645. The third kappa shape index (κ3) is 3.63. The Labute approximate surface area is 178 Å². The fourth-order valence-electron chi connectivity index (χ4n) is 4.47. The summed E-state index contributed by atoms with van der Waals surface area (Å²) >= 11 is 5.88. The molecule has 2 aliphatic rings. The highest BCUT2D eigenvalue weighted by atomic mass is 35.5. The summed E-state index contributed by atoms with van der Waals surface area (Å²) in [6.45, 7) is 2.12. The van der Waals surface area contributed by atoms with Crippen LogP contribution in [0.1, 0.15) is 34.3 Å². The van der Waals surface area contributed by atoms with E-state index < -0.39 is 0 Å². The van der Waals surface area contributed by atoms with E-state index in [9.17, 15) is 9.59 Å². The van der Waals surface area contributed by atoms with Crippen molar-refractivity contribution < 1.29 is 13.9 Å². The fourth-order valence-corrected chi connectivity index (χ4v) is 4.60. The topological polar surface area (TPSA) is 64.7 Å². The van der Waals surface area contributed by atoms with E-state index in [1.165, 1.54) is 0 Å². The van der Waals surface area contributed by atoms with Crippen LogP contribution < -0.4 is 10.3 Å². The number of benzene rings is 1. The zero-order valence-electron chi connectivity index (χ0n) is 16.3. The molecule has 2 unspecified atom stereocenters. The molecular formula is C23H21ClN2O4. The van der Waals surface area contributed by atoms with E-state index in [0.717, 1.165) is 12.1 Å². The molecule has 0 saturated carbocycles. The van der Waals surface area contributed by atoms with Gasteiger partial charge in [-0.3, -0.25) is 9.59 Å². The Bertz CT molecular complexity index is 1130. The number of amides is 1. The van der Waals surface area contributed by atoms with E-state index in [0.29, 0.717) is 41.9 Å².